The topological polar surface area (TPSA) is 80.6 Å². The average molecular weight is 356 g/mol. The zero-order valence-corrected chi connectivity index (χ0v) is 14.5. The average Bonchev–Trinajstić information content (AvgIpc) is 2.64. The molecule has 0 unspecified atom stereocenters. The Balaban J connectivity index is 2.36. The van der Waals surface area contributed by atoms with Gasteiger partial charge in [0.2, 0.25) is 5.75 Å². The molecule has 26 heavy (non-hydrogen) atoms. The summed E-state index contributed by atoms with van der Waals surface area (Å²) in [5.41, 5.74) is 0.593. The molecule has 0 aliphatic heterocycles. The van der Waals surface area contributed by atoms with Crippen molar-refractivity contribution < 1.29 is 23.4 Å². The minimum Gasteiger partial charge on any atom is -0.493 e. The molecule has 0 fully saturated rings. The summed E-state index contributed by atoms with van der Waals surface area (Å²) in [7, 11) is 4.41. The molecule has 134 valence electrons. The van der Waals surface area contributed by atoms with E-state index < -0.39 is 11.7 Å². The standard InChI is InChI=1S/C19H17FN2O4/c1-24-16-8-12(9-17(25-2)18(16)26-3)7-13(11-21)19(23)22-15-6-4-5-14(20)10-15/h4-10H,1-3H3,(H,22,23)/b13-7+. The van der Waals surface area contributed by atoms with E-state index in [1.54, 1.807) is 12.1 Å². The smallest absolute Gasteiger partial charge is 0.266 e. The third-order valence-electron chi connectivity index (χ3n) is 3.45. The maximum Gasteiger partial charge on any atom is 0.266 e. The van der Waals surface area contributed by atoms with E-state index in [1.807, 2.05) is 6.07 Å². The number of ether oxygens (including phenoxy) is 3. The Kier molecular flexibility index (Phi) is 6.17. The van der Waals surface area contributed by atoms with E-state index in [-0.39, 0.29) is 11.3 Å². The summed E-state index contributed by atoms with van der Waals surface area (Å²) >= 11 is 0. The first-order valence-corrected chi connectivity index (χ1v) is 7.51. The molecule has 0 saturated carbocycles. The quantitative estimate of drug-likeness (QED) is 0.634. The molecular weight excluding hydrogens is 339 g/mol. The van der Waals surface area contributed by atoms with E-state index in [0.717, 1.165) is 6.07 Å². The van der Waals surface area contributed by atoms with Gasteiger partial charge in [-0.1, -0.05) is 6.07 Å². The third kappa shape index (κ3) is 4.30. The second-order valence-electron chi connectivity index (χ2n) is 5.09. The van der Waals surface area contributed by atoms with Gasteiger partial charge in [-0.15, -0.1) is 0 Å². The van der Waals surface area contributed by atoms with Crippen molar-refractivity contribution in [1.82, 2.24) is 0 Å². The summed E-state index contributed by atoms with van der Waals surface area (Å²) in [5, 5.41) is 11.8. The van der Waals surface area contributed by atoms with Gasteiger partial charge < -0.3 is 19.5 Å². The highest BCUT2D eigenvalue weighted by Crippen LogP contribution is 2.38. The zero-order valence-electron chi connectivity index (χ0n) is 14.5. The largest absolute Gasteiger partial charge is 0.493 e. The number of hydrogen-bond acceptors (Lipinski definition) is 5. The molecule has 0 radical (unpaired) electrons. The first-order valence-electron chi connectivity index (χ1n) is 7.51. The molecule has 2 rings (SSSR count). The molecule has 0 aliphatic carbocycles. The summed E-state index contributed by atoms with van der Waals surface area (Å²) in [6.07, 6.45) is 1.37. The van der Waals surface area contributed by atoms with Crippen LogP contribution in [-0.2, 0) is 4.79 Å². The molecule has 0 bridgehead atoms. The van der Waals surface area contributed by atoms with Crippen molar-refractivity contribution in [2.45, 2.75) is 0 Å². The lowest BCUT2D eigenvalue weighted by atomic mass is 10.1. The van der Waals surface area contributed by atoms with Crippen LogP contribution < -0.4 is 19.5 Å². The Morgan fingerprint density at radius 3 is 2.27 bits per heavy atom. The molecular formula is C19H17FN2O4. The van der Waals surface area contributed by atoms with Crippen molar-refractivity contribution in [1.29, 1.82) is 5.26 Å². The van der Waals surface area contributed by atoms with Crippen LogP contribution in [-0.4, -0.2) is 27.2 Å². The lowest BCUT2D eigenvalue weighted by Gasteiger charge is -2.13. The number of rotatable bonds is 6. The maximum atomic E-state index is 13.2. The van der Waals surface area contributed by atoms with Gasteiger partial charge in [0, 0.05) is 5.69 Å². The van der Waals surface area contributed by atoms with Gasteiger partial charge in [0.1, 0.15) is 17.5 Å². The van der Waals surface area contributed by atoms with E-state index in [9.17, 15) is 14.4 Å². The van der Waals surface area contributed by atoms with E-state index in [2.05, 4.69) is 5.32 Å². The Morgan fingerprint density at radius 1 is 1.12 bits per heavy atom. The summed E-state index contributed by atoms with van der Waals surface area (Å²) in [6.45, 7) is 0. The molecule has 0 saturated heterocycles. The Morgan fingerprint density at radius 2 is 1.77 bits per heavy atom. The molecule has 1 amide bonds. The van der Waals surface area contributed by atoms with Crippen LogP contribution in [0.4, 0.5) is 10.1 Å². The van der Waals surface area contributed by atoms with Gasteiger partial charge in [0.15, 0.2) is 11.5 Å². The Labute approximate surface area is 150 Å². The molecule has 2 aromatic carbocycles. The van der Waals surface area contributed by atoms with E-state index in [0.29, 0.717) is 22.8 Å². The van der Waals surface area contributed by atoms with Crippen molar-refractivity contribution in [2.24, 2.45) is 0 Å². The summed E-state index contributed by atoms with van der Waals surface area (Å²) in [5.74, 6) is 0.0264. The first kappa shape index (κ1) is 18.8. The fourth-order valence-electron chi connectivity index (χ4n) is 2.26. The number of carbonyl (C=O) groups excluding carboxylic acids is 1. The van der Waals surface area contributed by atoms with Gasteiger partial charge in [-0.3, -0.25) is 4.79 Å². The van der Waals surface area contributed by atoms with Crippen LogP contribution in [0.3, 0.4) is 0 Å². The number of halogens is 1. The number of hydrogen-bond donors (Lipinski definition) is 1. The summed E-state index contributed by atoms with van der Waals surface area (Å²) in [6, 6.07) is 10.4. The number of methoxy groups -OCH3 is 3. The number of benzene rings is 2. The molecule has 2 aromatic rings. The minimum atomic E-state index is -0.660. The van der Waals surface area contributed by atoms with Gasteiger partial charge >= 0.3 is 0 Å². The fraction of sp³-hybridized carbons (Fsp3) is 0.158. The van der Waals surface area contributed by atoms with Crippen molar-refractivity contribution in [3.8, 4) is 23.3 Å². The predicted molar refractivity (Wildman–Crippen MR) is 94.7 cm³/mol. The normalized spacial score (nSPS) is 10.7. The molecule has 0 heterocycles. The lowest BCUT2D eigenvalue weighted by Crippen LogP contribution is -2.13. The molecule has 0 spiro atoms. The van der Waals surface area contributed by atoms with Crippen LogP contribution in [0.5, 0.6) is 17.2 Å². The van der Waals surface area contributed by atoms with Crippen LogP contribution in [0.1, 0.15) is 5.56 Å². The van der Waals surface area contributed by atoms with Crippen molar-refractivity contribution in [3.05, 3.63) is 53.4 Å². The van der Waals surface area contributed by atoms with Crippen LogP contribution in [0, 0.1) is 17.1 Å². The maximum absolute atomic E-state index is 13.2. The summed E-state index contributed by atoms with van der Waals surface area (Å²) < 4.78 is 28.9. The highest BCUT2D eigenvalue weighted by atomic mass is 19.1. The number of nitriles is 1. The second-order valence-corrected chi connectivity index (χ2v) is 5.09. The highest BCUT2D eigenvalue weighted by Gasteiger charge is 2.15. The third-order valence-corrected chi connectivity index (χ3v) is 3.45. The number of amides is 1. The van der Waals surface area contributed by atoms with Crippen molar-refractivity contribution in [3.63, 3.8) is 0 Å². The van der Waals surface area contributed by atoms with E-state index >= 15 is 0 Å². The molecule has 0 aliphatic rings. The molecule has 6 nitrogen and oxygen atoms in total. The van der Waals surface area contributed by atoms with Gasteiger partial charge in [0.05, 0.1) is 21.3 Å². The minimum absolute atomic E-state index is 0.163. The molecule has 1 N–H and O–H groups in total. The Hall–Kier alpha value is -3.53. The predicted octanol–water partition coefficient (Wildman–Crippen LogP) is 3.40. The van der Waals surface area contributed by atoms with Crippen LogP contribution in [0.25, 0.3) is 6.08 Å². The van der Waals surface area contributed by atoms with Crippen molar-refractivity contribution in [2.75, 3.05) is 26.6 Å². The lowest BCUT2D eigenvalue weighted by molar-refractivity contribution is -0.112. The first-order chi connectivity index (χ1) is 12.5. The molecule has 0 atom stereocenters. The highest BCUT2D eigenvalue weighted by molar-refractivity contribution is 6.09. The van der Waals surface area contributed by atoms with Crippen LogP contribution in [0.2, 0.25) is 0 Å². The fourth-order valence-corrected chi connectivity index (χ4v) is 2.26. The Bertz CT molecular complexity index is 862. The second kappa shape index (κ2) is 8.53. The van der Waals surface area contributed by atoms with E-state index in [1.165, 1.54) is 45.6 Å². The molecule has 7 heteroatoms. The number of anilines is 1. The zero-order chi connectivity index (χ0) is 19.1. The van der Waals surface area contributed by atoms with Gasteiger partial charge in [-0.2, -0.15) is 5.26 Å². The summed E-state index contributed by atoms with van der Waals surface area (Å²) in [4.78, 5) is 12.3. The van der Waals surface area contributed by atoms with Gasteiger partial charge in [-0.25, -0.2) is 4.39 Å². The van der Waals surface area contributed by atoms with Crippen molar-refractivity contribution >= 4 is 17.7 Å². The number of nitrogens with one attached hydrogen (secondary N) is 1. The van der Waals surface area contributed by atoms with E-state index in [4.69, 9.17) is 14.2 Å². The van der Waals surface area contributed by atoms with Gasteiger partial charge in [-0.05, 0) is 42.0 Å². The number of nitrogens with zero attached hydrogens (tertiary/aromatic N) is 1. The molecule has 0 aromatic heterocycles. The van der Waals surface area contributed by atoms with Gasteiger partial charge in [0.25, 0.3) is 5.91 Å². The monoisotopic (exact) mass is 356 g/mol. The van der Waals surface area contributed by atoms with Crippen LogP contribution >= 0.6 is 0 Å². The SMILES string of the molecule is COc1cc(/C=C(\C#N)C(=O)Nc2cccc(F)c2)cc(OC)c1OC. The number of carbonyl (C=O) groups is 1. The van der Waals surface area contributed by atoms with Crippen LogP contribution in [0.15, 0.2) is 42.0 Å².